The van der Waals surface area contributed by atoms with Gasteiger partial charge in [-0.3, -0.25) is 4.79 Å². The van der Waals surface area contributed by atoms with E-state index >= 15 is 0 Å². The number of ether oxygens (including phenoxy) is 1. The SMILES string of the molecule is CC1(C2CC(=O)C=CO2)CCCS1. The van der Waals surface area contributed by atoms with Gasteiger partial charge in [0.15, 0.2) is 5.78 Å². The molecule has 72 valence electrons. The summed E-state index contributed by atoms with van der Waals surface area (Å²) in [6.45, 7) is 2.21. The molecule has 0 aromatic heterocycles. The predicted octanol–water partition coefficient (Wildman–Crippen LogP) is 2.14. The van der Waals surface area contributed by atoms with E-state index in [0.29, 0.717) is 6.42 Å². The highest BCUT2D eigenvalue weighted by molar-refractivity contribution is 8.00. The fraction of sp³-hybridized carbons (Fsp3) is 0.700. The normalized spacial score (nSPS) is 39.2. The molecule has 0 amide bonds. The highest BCUT2D eigenvalue weighted by Crippen LogP contribution is 2.43. The summed E-state index contributed by atoms with van der Waals surface area (Å²) in [4.78, 5) is 11.2. The first-order valence-corrected chi connectivity index (χ1v) is 5.68. The molecule has 0 saturated carbocycles. The lowest BCUT2D eigenvalue weighted by Gasteiger charge is -2.33. The lowest BCUT2D eigenvalue weighted by atomic mass is 9.93. The number of carbonyl (C=O) groups is 1. The minimum Gasteiger partial charge on any atom is -0.496 e. The molecule has 0 radical (unpaired) electrons. The van der Waals surface area contributed by atoms with Crippen molar-refractivity contribution in [2.24, 2.45) is 0 Å². The van der Waals surface area contributed by atoms with Crippen molar-refractivity contribution in [3.05, 3.63) is 12.3 Å². The van der Waals surface area contributed by atoms with Gasteiger partial charge in [0.2, 0.25) is 0 Å². The van der Waals surface area contributed by atoms with Crippen molar-refractivity contribution in [3.63, 3.8) is 0 Å². The second-order valence-electron chi connectivity index (χ2n) is 3.86. The van der Waals surface area contributed by atoms with Gasteiger partial charge >= 0.3 is 0 Å². The van der Waals surface area contributed by atoms with Crippen molar-refractivity contribution in [1.29, 1.82) is 0 Å². The zero-order valence-corrected chi connectivity index (χ0v) is 8.60. The molecule has 2 atom stereocenters. The van der Waals surface area contributed by atoms with Crippen LogP contribution >= 0.6 is 11.8 Å². The lowest BCUT2D eigenvalue weighted by molar-refractivity contribution is -0.118. The van der Waals surface area contributed by atoms with Crippen LogP contribution in [0.15, 0.2) is 12.3 Å². The molecule has 2 unspecified atom stereocenters. The molecule has 0 aromatic rings. The van der Waals surface area contributed by atoms with E-state index in [0.717, 1.165) is 0 Å². The van der Waals surface area contributed by atoms with Gasteiger partial charge in [0.1, 0.15) is 6.10 Å². The van der Waals surface area contributed by atoms with E-state index in [1.807, 2.05) is 11.8 Å². The highest BCUT2D eigenvalue weighted by Gasteiger charge is 2.40. The molecule has 2 heterocycles. The molecule has 0 N–H and O–H groups in total. The van der Waals surface area contributed by atoms with Crippen LogP contribution in [0.5, 0.6) is 0 Å². The van der Waals surface area contributed by atoms with Gasteiger partial charge in [0, 0.05) is 12.5 Å². The average molecular weight is 198 g/mol. The number of carbonyl (C=O) groups excluding carboxylic acids is 1. The van der Waals surface area contributed by atoms with Crippen LogP contribution in [0.25, 0.3) is 0 Å². The molecule has 2 nitrogen and oxygen atoms in total. The van der Waals surface area contributed by atoms with Crippen molar-refractivity contribution in [3.8, 4) is 0 Å². The van der Waals surface area contributed by atoms with Crippen LogP contribution in [0.1, 0.15) is 26.2 Å². The first-order chi connectivity index (χ1) is 6.21. The summed E-state index contributed by atoms with van der Waals surface area (Å²) in [6.07, 6.45) is 6.15. The number of thioether (sulfide) groups is 1. The van der Waals surface area contributed by atoms with E-state index in [2.05, 4.69) is 6.92 Å². The van der Waals surface area contributed by atoms with E-state index in [1.54, 1.807) is 6.26 Å². The zero-order chi connectivity index (χ0) is 9.31. The van der Waals surface area contributed by atoms with Crippen molar-refractivity contribution in [2.45, 2.75) is 37.0 Å². The Morgan fingerprint density at radius 3 is 3.15 bits per heavy atom. The molecule has 0 aliphatic carbocycles. The van der Waals surface area contributed by atoms with E-state index in [-0.39, 0.29) is 16.6 Å². The Hall–Kier alpha value is -0.440. The monoisotopic (exact) mass is 198 g/mol. The van der Waals surface area contributed by atoms with Gasteiger partial charge in [-0.05, 0) is 25.5 Å². The first kappa shape index (κ1) is 9.13. The van der Waals surface area contributed by atoms with Crippen LogP contribution in [-0.2, 0) is 9.53 Å². The Kier molecular flexibility index (Phi) is 2.37. The summed E-state index contributed by atoms with van der Waals surface area (Å²) in [7, 11) is 0. The lowest BCUT2D eigenvalue weighted by Crippen LogP contribution is -2.38. The molecule has 13 heavy (non-hydrogen) atoms. The Labute approximate surface area is 82.7 Å². The third kappa shape index (κ3) is 1.75. The maximum absolute atomic E-state index is 11.2. The van der Waals surface area contributed by atoms with Crippen LogP contribution in [0.2, 0.25) is 0 Å². The van der Waals surface area contributed by atoms with Gasteiger partial charge in [-0.25, -0.2) is 0 Å². The maximum atomic E-state index is 11.2. The van der Waals surface area contributed by atoms with Gasteiger partial charge in [-0.2, -0.15) is 11.8 Å². The molecule has 2 aliphatic heterocycles. The largest absolute Gasteiger partial charge is 0.496 e. The number of rotatable bonds is 1. The van der Waals surface area contributed by atoms with Crippen LogP contribution in [0.3, 0.4) is 0 Å². The first-order valence-electron chi connectivity index (χ1n) is 4.69. The van der Waals surface area contributed by atoms with E-state index in [4.69, 9.17) is 4.74 Å². The van der Waals surface area contributed by atoms with Crippen LogP contribution < -0.4 is 0 Å². The third-order valence-electron chi connectivity index (χ3n) is 2.81. The number of hydrogen-bond acceptors (Lipinski definition) is 3. The average Bonchev–Trinajstić information content (AvgIpc) is 2.54. The Morgan fingerprint density at radius 2 is 2.54 bits per heavy atom. The van der Waals surface area contributed by atoms with E-state index in [1.165, 1.54) is 24.7 Å². The summed E-state index contributed by atoms with van der Waals surface area (Å²) in [5.41, 5.74) is 0. The van der Waals surface area contributed by atoms with Crippen LogP contribution in [0.4, 0.5) is 0 Å². The van der Waals surface area contributed by atoms with Gasteiger partial charge in [-0.15, -0.1) is 0 Å². The maximum Gasteiger partial charge on any atom is 0.162 e. The molecule has 2 aliphatic rings. The quantitative estimate of drug-likeness (QED) is 0.645. The van der Waals surface area contributed by atoms with Crippen molar-refractivity contribution < 1.29 is 9.53 Å². The second kappa shape index (κ2) is 3.37. The summed E-state index contributed by atoms with van der Waals surface area (Å²) in [5, 5.41) is 0. The van der Waals surface area contributed by atoms with Crippen molar-refractivity contribution in [2.75, 3.05) is 5.75 Å². The van der Waals surface area contributed by atoms with Crippen molar-refractivity contribution >= 4 is 17.5 Å². The number of ketones is 1. The Balaban J connectivity index is 2.08. The summed E-state index contributed by atoms with van der Waals surface area (Å²) < 4.78 is 5.68. The third-order valence-corrected chi connectivity index (χ3v) is 4.43. The molecule has 0 aromatic carbocycles. The van der Waals surface area contributed by atoms with Gasteiger partial charge in [-0.1, -0.05) is 0 Å². The predicted molar refractivity (Wildman–Crippen MR) is 53.7 cm³/mol. The molecule has 1 fully saturated rings. The molecule has 1 saturated heterocycles. The molecule has 3 heteroatoms. The van der Waals surface area contributed by atoms with Crippen molar-refractivity contribution in [1.82, 2.24) is 0 Å². The van der Waals surface area contributed by atoms with Gasteiger partial charge in [0.25, 0.3) is 0 Å². The van der Waals surface area contributed by atoms with Crippen LogP contribution in [0, 0.1) is 0 Å². The number of allylic oxidation sites excluding steroid dienone is 1. The minimum absolute atomic E-state index is 0.0949. The smallest absolute Gasteiger partial charge is 0.162 e. The molecular weight excluding hydrogens is 184 g/mol. The van der Waals surface area contributed by atoms with E-state index in [9.17, 15) is 4.79 Å². The highest BCUT2D eigenvalue weighted by atomic mass is 32.2. The molecule has 0 bridgehead atoms. The number of hydrogen-bond donors (Lipinski definition) is 0. The topological polar surface area (TPSA) is 26.3 Å². The second-order valence-corrected chi connectivity index (χ2v) is 5.49. The Bertz CT molecular complexity index is 241. The minimum atomic E-state index is 0.0949. The molecule has 2 rings (SSSR count). The standard InChI is InChI=1S/C10H14O2S/c1-10(4-2-6-13-10)9-7-8(11)3-5-12-9/h3,5,9H,2,4,6-7H2,1H3. The summed E-state index contributed by atoms with van der Waals surface area (Å²) in [6, 6.07) is 0. The summed E-state index contributed by atoms with van der Waals surface area (Å²) in [5.74, 6) is 1.40. The molecular formula is C10H14O2S. The summed E-state index contributed by atoms with van der Waals surface area (Å²) >= 11 is 1.94. The van der Waals surface area contributed by atoms with Crippen LogP contribution in [-0.4, -0.2) is 22.4 Å². The molecule has 0 spiro atoms. The zero-order valence-electron chi connectivity index (χ0n) is 7.79. The fourth-order valence-electron chi connectivity index (χ4n) is 1.92. The van der Waals surface area contributed by atoms with Gasteiger partial charge in [0.05, 0.1) is 11.0 Å². The van der Waals surface area contributed by atoms with E-state index < -0.39 is 0 Å². The fourth-order valence-corrected chi connectivity index (χ4v) is 3.29. The Morgan fingerprint density at radius 1 is 1.69 bits per heavy atom. The van der Waals surface area contributed by atoms with Gasteiger partial charge < -0.3 is 4.74 Å².